The molecule has 21 heavy (non-hydrogen) atoms. The Morgan fingerprint density at radius 1 is 1.24 bits per heavy atom. The highest BCUT2D eigenvalue weighted by atomic mass is 19.4. The molecule has 114 valence electrons. The van der Waals surface area contributed by atoms with Gasteiger partial charge in [0.05, 0.1) is 11.3 Å². The maximum absolute atomic E-state index is 13.3. The number of hydrogen-bond acceptors (Lipinski definition) is 2. The first-order valence-corrected chi connectivity index (χ1v) is 6.17. The maximum atomic E-state index is 13.3. The molecule has 0 fully saturated rings. The number of alkyl halides is 3. The normalized spacial score (nSPS) is 13.5. The zero-order valence-corrected chi connectivity index (χ0v) is 11.7. The van der Waals surface area contributed by atoms with Crippen LogP contribution in [-0.2, 0) is 13.2 Å². The van der Waals surface area contributed by atoms with Gasteiger partial charge in [-0.15, -0.1) is 0 Å². The fourth-order valence-corrected chi connectivity index (χ4v) is 2.28. The lowest BCUT2D eigenvalue weighted by Gasteiger charge is -2.15. The van der Waals surface area contributed by atoms with Crippen molar-refractivity contribution in [2.24, 2.45) is 7.05 Å². The summed E-state index contributed by atoms with van der Waals surface area (Å²) in [5.41, 5.74) is 0.164. The third-order valence-electron chi connectivity index (χ3n) is 3.45. The van der Waals surface area contributed by atoms with E-state index in [0.29, 0.717) is 29.1 Å². The highest BCUT2D eigenvalue weighted by Crippen LogP contribution is 2.35. The topological polar surface area (TPSA) is 38.0 Å². The van der Waals surface area contributed by atoms with Crippen molar-refractivity contribution >= 4 is 0 Å². The van der Waals surface area contributed by atoms with Crippen LogP contribution in [0.5, 0.6) is 0 Å². The second-order valence-corrected chi connectivity index (χ2v) is 4.85. The summed E-state index contributed by atoms with van der Waals surface area (Å²) in [6.45, 7) is 3.35. The SMILES string of the molecule is Cc1nn(C)c(C)c1C(O)c1ccc(F)c(C(F)(F)F)c1. The Kier molecular flexibility index (Phi) is 3.79. The minimum absolute atomic E-state index is 0.0251. The molecular formula is C14H14F4N2O. The fourth-order valence-electron chi connectivity index (χ4n) is 2.28. The molecule has 2 aromatic rings. The number of halogens is 4. The summed E-state index contributed by atoms with van der Waals surface area (Å²) in [5, 5.41) is 14.4. The molecule has 1 aromatic carbocycles. The van der Waals surface area contributed by atoms with E-state index in [9.17, 15) is 22.7 Å². The van der Waals surface area contributed by atoms with Crippen LogP contribution < -0.4 is 0 Å². The summed E-state index contributed by atoms with van der Waals surface area (Å²) in [6, 6.07) is 2.48. The summed E-state index contributed by atoms with van der Waals surface area (Å²) < 4.78 is 53.0. The monoisotopic (exact) mass is 302 g/mol. The van der Waals surface area contributed by atoms with Crippen LogP contribution >= 0.6 is 0 Å². The van der Waals surface area contributed by atoms with Gasteiger partial charge in [-0.3, -0.25) is 4.68 Å². The number of aryl methyl sites for hydroxylation is 2. The van der Waals surface area contributed by atoms with Crippen LogP contribution in [0, 0.1) is 19.7 Å². The number of rotatable bonds is 2. The molecule has 0 aliphatic heterocycles. The van der Waals surface area contributed by atoms with Gasteiger partial charge in [0.15, 0.2) is 0 Å². The molecule has 0 bridgehead atoms. The number of benzene rings is 1. The lowest BCUT2D eigenvalue weighted by molar-refractivity contribution is -0.140. The Bertz CT molecular complexity index is 676. The molecule has 0 radical (unpaired) electrons. The lowest BCUT2D eigenvalue weighted by atomic mass is 9.98. The van der Waals surface area contributed by atoms with Crippen molar-refractivity contribution in [3.05, 3.63) is 52.1 Å². The fraction of sp³-hybridized carbons (Fsp3) is 0.357. The van der Waals surface area contributed by atoms with Crippen molar-refractivity contribution in [3.63, 3.8) is 0 Å². The zero-order chi connectivity index (χ0) is 15.9. The van der Waals surface area contributed by atoms with E-state index in [1.165, 1.54) is 4.68 Å². The number of aliphatic hydroxyl groups excluding tert-OH is 1. The molecule has 0 saturated carbocycles. The van der Waals surface area contributed by atoms with E-state index in [4.69, 9.17) is 0 Å². The lowest BCUT2D eigenvalue weighted by Crippen LogP contribution is -2.11. The van der Waals surface area contributed by atoms with Crippen LogP contribution in [0.25, 0.3) is 0 Å². The van der Waals surface area contributed by atoms with E-state index >= 15 is 0 Å². The van der Waals surface area contributed by atoms with E-state index < -0.39 is 23.7 Å². The average Bonchev–Trinajstić information content (AvgIpc) is 2.61. The Hall–Kier alpha value is -1.89. The third kappa shape index (κ3) is 2.78. The summed E-state index contributed by atoms with van der Waals surface area (Å²) in [5.74, 6) is -1.36. The molecule has 1 aromatic heterocycles. The molecule has 0 amide bonds. The van der Waals surface area contributed by atoms with Gasteiger partial charge >= 0.3 is 6.18 Å². The molecule has 0 spiro atoms. The molecule has 0 aliphatic carbocycles. The Balaban J connectivity index is 2.52. The van der Waals surface area contributed by atoms with Crippen molar-refractivity contribution in [1.29, 1.82) is 0 Å². The van der Waals surface area contributed by atoms with Gasteiger partial charge in [0.25, 0.3) is 0 Å². The first kappa shape index (κ1) is 15.5. The van der Waals surface area contributed by atoms with Gasteiger partial charge in [-0.05, 0) is 31.5 Å². The van der Waals surface area contributed by atoms with Crippen molar-refractivity contribution in [1.82, 2.24) is 9.78 Å². The third-order valence-corrected chi connectivity index (χ3v) is 3.45. The van der Waals surface area contributed by atoms with E-state index in [0.717, 1.165) is 6.07 Å². The molecule has 3 nitrogen and oxygen atoms in total. The molecule has 1 N–H and O–H groups in total. The van der Waals surface area contributed by atoms with Crippen molar-refractivity contribution < 1.29 is 22.7 Å². The van der Waals surface area contributed by atoms with Crippen LogP contribution in [0.15, 0.2) is 18.2 Å². The van der Waals surface area contributed by atoms with Crippen LogP contribution in [0.2, 0.25) is 0 Å². The minimum atomic E-state index is -4.81. The number of aliphatic hydroxyl groups is 1. The minimum Gasteiger partial charge on any atom is -0.384 e. The zero-order valence-electron chi connectivity index (χ0n) is 11.7. The van der Waals surface area contributed by atoms with E-state index in [1.54, 1.807) is 20.9 Å². The number of nitrogens with zero attached hydrogens (tertiary/aromatic N) is 2. The Morgan fingerprint density at radius 3 is 2.33 bits per heavy atom. The predicted octanol–water partition coefficient (Wildman–Crippen LogP) is 3.28. The maximum Gasteiger partial charge on any atom is 0.419 e. The van der Waals surface area contributed by atoms with Crippen LogP contribution in [0.1, 0.15) is 34.2 Å². The molecule has 7 heteroatoms. The van der Waals surface area contributed by atoms with Crippen molar-refractivity contribution in [2.75, 3.05) is 0 Å². The summed E-state index contributed by atoms with van der Waals surface area (Å²) in [4.78, 5) is 0. The molecule has 0 aliphatic rings. The summed E-state index contributed by atoms with van der Waals surface area (Å²) in [6.07, 6.45) is -6.10. The average molecular weight is 302 g/mol. The molecule has 1 unspecified atom stereocenters. The second-order valence-electron chi connectivity index (χ2n) is 4.85. The number of aromatic nitrogens is 2. The van der Waals surface area contributed by atoms with Crippen LogP contribution in [0.4, 0.5) is 17.6 Å². The van der Waals surface area contributed by atoms with Gasteiger partial charge in [-0.1, -0.05) is 6.07 Å². The highest BCUT2D eigenvalue weighted by Gasteiger charge is 2.35. The van der Waals surface area contributed by atoms with E-state index in [1.807, 2.05) is 0 Å². The molecular weight excluding hydrogens is 288 g/mol. The standard InChI is InChI=1S/C14H14F4N2O/c1-7-12(8(2)20(3)19-7)13(21)9-4-5-11(15)10(6-9)14(16,17)18/h4-6,13,21H,1-3H3. The van der Waals surface area contributed by atoms with E-state index in [-0.39, 0.29) is 5.56 Å². The number of hydrogen-bond donors (Lipinski definition) is 1. The van der Waals surface area contributed by atoms with Crippen molar-refractivity contribution in [2.45, 2.75) is 26.1 Å². The van der Waals surface area contributed by atoms with E-state index in [2.05, 4.69) is 5.10 Å². The van der Waals surface area contributed by atoms with Crippen LogP contribution in [0.3, 0.4) is 0 Å². The van der Waals surface area contributed by atoms with Gasteiger partial charge in [0.2, 0.25) is 0 Å². The van der Waals surface area contributed by atoms with Crippen molar-refractivity contribution in [3.8, 4) is 0 Å². The molecule has 1 heterocycles. The quantitative estimate of drug-likeness (QED) is 0.865. The van der Waals surface area contributed by atoms with Gasteiger partial charge in [0.1, 0.15) is 11.9 Å². The van der Waals surface area contributed by atoms with Gasteiger partial charge in [0, 0.05) is 18.3 Å². The smallest absolute Gasteiger partial charge is 0.384 e. The molecule has 0 saturated heterocycles. The van der Waals surface area contributed by atoms with Gasteiger partial charge < -0.3 is 5.11 Å². The summed E-state index contributed by atoms with van der Waals surface area (Å²) >= 11 is 0. The first-order chi connectivity index (χ1) is 9.62. The first-order valence-electron chi connectivity index (χ1n) is 6.17. The molecule has 1 atom stereocenters. The van der Waals surface area contributed by atoms with Crippen LogP contribution in [-0.4, -0.2) is 14.9 Å². The summed E-state index contributed by atoms with van der Waals surface area (Å²) in [7, 11) is 1.67. The van der Waals surface area contributed by atoms with Gasteiger partial charge in [-0.25, -0.2) is 4.39 Å². The second kappa shape index (κ2) is 5.14. The molecule has 2 rings (SSSR count). The Morgan fingerprint density at radius 2 is 1.86 bits per heavy atom. The van der Waals surface area contributed by atoms with Gasteiger partial charge in [-0.2, -0.15) is 18.3 Å². The largest absolute Gasteiger partial charge is 0.419 e. The highest BCUT2D eigenvalue weighted by molar-refractivity contribution is 5.38. The predicted molar refractivity (Wildman–Crippen MR) is 68.1 cm³/mol. The Labute approximate surface area is 118 Å².